The zero-order valence-electron chi connectivity index (χ0n) is 44.1. The minimum Gasteiger partial charge on any atom is -0.461 e. The molecule has 0 radical (unpaired) electrons. The molecule has 0 amide bonds. The van der Waals surface area contributed by atoms with Crippen molar-refractivity contribution in [3.63, 3.8) is 0 Å². The average molecular weight is 1030 g/mol. The molecule has 6 heterocycles. The van der Waals surface area contributed by atoms with Gasteiger partial charge < -0.3 is 80.5 Å². The largest absolute Gasteiger partial charge is 0.461 e. The summed E-state index contributed by atoms with van der Waals surface area (Å²) >= 11 is 0. The number of carbonyl (C=O) groups is 5. The van der Waals surface area contributed by atoms with Crippen LogP contribution in [0.1, 0.15) is 147 Å². The van der Waals surface area contributed by atoms with Gasteiger partial charge in [0.1, 0.15) is 6.61 Å². The van der Waals surface area contributed by atoms with Gasteiger partial charge in [-0.25, -0.2) is 0 Å². The molecule has 0 aromatic heterocycles. The summed E-state index contributed by atoms with van der Waals surface area (Å²) in [4.78, 5) is 71.9. The average Bonchev–Trinajstić information content (AvgIpc) is 3.24. The van der Waals surface area contributed by atoms with E-state index >= 15 is 0 Å². The first kappa shape index (κ1) is 58.1. The van der Waals surface area contributed by atoms with Crippen molar-refractivity contribution < 1.29 is 104 Å². The Morgan fingerprint density at radius 2 is 0.736 bits per heavy atom. The Morgan fingerprint density at radius 1 is 0.417 bits per heavy atom. The van der Waals surface area contributed by atoms with Gasteiger partial charge in [0.15, 0.2) is 59.6 Å². The standard InChI is InChI=1S/C50H80O22/c1-30-12-18-56-45(63-30)44(67-41(55)28-50(11)62-23-17-35(6)72-50)43(66-40(54)27-49(10)61-22-16-34(5)71-49)42(65-39(53)26-48(9)60-21-15-33(4)70-48)36(64-38(52)25-47(8)59-20-14-32(3)69-47)29-57-37(51)24-46(7)58-19-13-31(2)68-46/h30-36,42-45H,12-29H2,1-11H3/t30?,31?,32?,33?,34?,35?,36-,42-,43+,44-,45?,46?,47?,48?,49?,50?/m1/s1. The third-order valence-electron chi connectivity index (χ3n) is 13.2. The highest BCUT2D eigenvalue weighted by Gasteiger charge is 2.52. The lowest BCUT2D eigenvalue weighted by Crippen LogP contribution is -2.59. The van der Waals surface area contributed by atoms with Crippen LogP contribution in [0.25, 0.3) is 0 Å². The van der Waals surface area contributed by atoms with E-state index in [-0.39, 0.29) is 56.9 Å². The second-order valence-electron chi connectivity index (χ2n) is 20.9. The van der Waals surface area contributed by atoms with Crippen LogP contribution in [0.15, 0.2) is 0 Å². The van der Waals surface area contributed by atoms with Crippen molar-refractivity contribution in [1.82, 2.24) is 0 Å². The van der Waals surface area contributed by atoms with Gasteiger partial charge in [0, 0.05) is 0 Å². The van der Waals surface area contributed by atoms with Crippen molar-refractivity contribution in [3.05, 3.63) is 0 Å². The zero-order chi connectivity index (χ0) is 52.5. The number of rotatable bonds is 20. The van der Waals surface area contributed by atoms with Gasteiger partial charge in [-0.05, 0) is 115 Å². The molecule has 6 fully saturated rings. The van der Waals surface area contributed by atoms with Crippen LogP contribution in [0.3, 0.4) is 0 Å². The maximum absolute atomic E-state index is 14.6. The summed E-state index contributed by atoms with van der Waals surface area (Å²) in [5, 5.41) is 0. The van der Waals surface area contributed by atoms with E-state index in [0.717, 1.165) is 0 Å². The molecule has 12 unspecified atom stereocenters. The van der Waals surface area contributed by atoms with Crippen molar-refractivity contribution in [3.8, 4) is 0 Å². The Bertz CT molecular complexity index is 1840. The molecule has 0 saturated carbocycles. The van der Waals surface area contributed by atoms with Crippen LogP contribution in [0.5, 0.6) is 0 Å². The van der Waals surface area contributed by atoms with E-state index in [9.17, 15) is 24.0 Å². The van der Waals surface area contributed by atoms with E-state index in [1.54, 1.807) is 41.5 Å². The molecule has 6 saturated heterocycles. The van der Waals surface area contributed by atoms with Gasteiger partial charge in [0.05, 0.1) is 108 Å². The fourth-order valence-electron chi connectivity index (χ4n) is 9.60. The number of esters is 5. The number of hydrogen-bond acceptors (Lipinski definition) is 22. The van der Waals surface area contributed by atoms with E-state index in [1.165, 1.54) is 0 Å². The topological polar surface area (TPSA) is 242 Å². The molecule has 412 valence electrons. The van der Waals surface area contributed by atoms with E-state index in [1.807, 2.05) is 34.6 Å². The number of hydrogen-bond donors (Lipinski definition) is 0. The zero-order valence-corrected chi connectivity index (χ0v) is 44.1. The maximum Gasteiger partial charge on any atom is 0.311 e. The van der Waals surface area contributed by atoms with Crippen molar-refractivity contribution in [2.75, 3.05) is 46.2 Å². The molecule has 6 aliphatic rings. The van der Waals surface area contributed by atoms with E-state index < -0.39 is 134 Å². The van der Waals surface area contributed by atoms with Gasteiger partial charge in [0.25, 0.3) is 0 Å². The number of carbonyl (C=O) groups excluding carboxylic acids is 5. The summed E-state index contributed by atoms with van der Waals surface area (Å²) < 4.78 is 103. The molecule has 0 bridgehead atoms. The van der Waals surface area contributed by atoms with E-state index in [4.69, 9.17) is 80.5 Å². The second kappa shape index (κ2) is 25.1. The molecule has 16 atom stereocenters. The molecule has 0 N–H and O–H groups in total. The molecular formula is C50H80O22. The highest BCUT2D eigenvalue weighted by Crippen LogP contribution is 2.35. The third kappa shape index (κ3) is 17.5. The molecule has 6 aliphatic heterocycles. The minimum atomic E-state index is -1.99. The van der Waals surface area contributed by atoms with Crippen LogP contribution in [0.2, 0.25) is 0 Å². The molecule has 6 rings (SSSR count). The van der Waals surface area contributed by atoms with Crippen molar-refractivity contribution in [1.29, 1.82) is 0 Å². The predicted molar refractivity (Wildman–Crippen MR) is 246 cm³/mol. The van der Waals surface area contributed by atoms with Gasteiger partial charge in [0.2, 0.25) is 0 Å². The Morgan fingerprint density at radius 3 is 1.10 bits per heavy atom. The van der Waals surface area contributed by atoms with Gasteiger partial charge >= 0.3 is 29.8 Å². The van der Waals surface area contributed by atoms with Crippen LogP contribution < -0.4 is 0 Å². The smallest absolute Gasteiger partial charge is 0.311 e. The minimum absolute atomic E-state index is 0.101. The first-order chi connectivity index (χ1) is 33.8. The monoisotopic (exact) mass is 1030 g/mol. The van der Waals surface area contributed by atoms with Crippen LogP contribution in [0.4, 0.5) is 0 Å². The summed E-state index contributed by atoms with van der Waals surface area (Å²) in [7, 11) is 0. The summed E-state index contributed by atoms with van der Waals surface area (Å²) in [6, 6.07) is 0. The second-order valence-corrected chi connectivity index (χ2v) is 20.9. The number of ether oxygens (including phenoxy) is 17. The lowest BCUT2D eigenvalue weighted by atomic mass is 10.00. The van der Waals surface area contributed by atoms with Gasteiger partial charge in [-0.3, -0.25) is 24.0 Å². The lowest BCUT2D eigenvalue weighted by Gasteiger charge is -2.42. The molecule has 0 aliphatic carbocycles. The Labute approximate surface area is 422 Å². The van der Waals surface area contributed by atoms with Crippen LogP contribution in [0, 0.1) is 0 Å². The Hall–Kier alpha value is -3.13. The highest BCUT2D eigenvalue weighted by atomic mass is 16.8. The molecular weight excluding hydrogens is 953 g/mol. The van der Waals surface area contributed by atoms with Crippen molar-refractivity contribution >= 4 is 29.8 Å². The summed E-state index contributed by atoms with van der Waals surface area (Å²) in [6.07, 6.45) is -10.0. The van der Waals surface area contributed by atoms with E-state index in [2.05, 4.69) is 0 Å². The lowest BCUT2D eigenvalue weighted by molar-refractivity contribution is -0.299. The fraction of sp³-hybridized carbons (Fsp3) is 0.900. The SMILES string of the molecule is CC1CCOC([C@H](OC(=O)CC2(C)OCCC(C)O2)[C@@H](OC(=O)CC2(C)OCCC(C)O2)[C@H](OC(=O)CC2(C)OCCC(C)O2)[C@@H](COC(=O)CC2(C)OCCC(C)O2)OC(=O)CC2(C)OCCC(C)O2)O1. The highest BCUT2D eigenvalue weighted by molar-refractivity contribution is 5.74. The molecule has 22 heteroatoms. The predicted octanol–water partition coefficient (Wildman–Crippen LogP) is 4.99. The molecule has 0 aromatic carbocycles. The van der Waals surface area contributed by atoms with Gasteiger partial charge in [-0.1, -0.05) is 0 Å². The van der Waals surface area contributed by atoms with Crippen LogP contribution in [-0.2, 0) is 104 Å². The summed E-state index contributed by atoms with van der Waals surface area (Å²) in [5.74, 6) is -12.0. The molecule has 0 spiro atoms. The van der Waals surface area contributed by atoms with Crippen LogP contribution in [-0.4, -0.2) is 172 Å². The third-order valence-corrected chi connectivity index (χ3v) is 13.2. The fourth-order valence-corrected chi connectivity index (χ4v) is 9.60. The van der Waals surface area contributed by atoms with Gasteiger partial charge in [-0.2, -0.15) is 0 Å². The Balaban J connectivity index is 1.44. The summed E-state index contributed by atoms with van der Waals surface area (Å²) in [6.45, 7) is 19.6. The quantitative estimate of drug-likeness (QED) is 0.115. The Kier molecular flexibility index (Phi) is 20.3. The van der Waals surface area contributed by atoms with Crippen molar-refractivity contribution in [2.24, 2.45) is 0 Å². The van der Waals surface area contributed by atoms with Crippen molar-refractivity contribution in [2.45, 2.75) is 243 Å². The van der Waals surface area contributed by atoms with Crippen LogP contribution >= 0.6 is 0 Å². The normalized spacial score (nSPS) is 38.2. The molecule has 22 nitrogen and oxygen atoms in total. The first-order valence-electron chi connectivity index (χ1n) is 25.6. The first-order valence-corrected chi connectivity index (χ1v) is 25.6. The summed E-state index contributed by atoms with van der Waals surface area (Å²) in [5.41, 5.74) is 0. The molecule has 72 heavy (non-hydrogen) atoms. The van der Waals surface area contributed by atoms with Gasteiger partial charge in [-0.15, -0.1) is 0 Å². The maximum atomic E-state index is 14.6. The van der Waals surface area contributed by atoms with E-state index in [0.29, 0.717) is 51.7 Å². The molecule has 0 aromatic rings.